The van der Waals surface area contributed by atoms with Crippen LogP contribution in [0.4, 0.5) is 4.39 Å². The molecule has 2 aromatic rings. The second-order valence-corrected chi connectivity index (χ2v) is 6.86. The predicted octanol–water partition coefficient (Wildman–Crippen LogP) is 5.07. The van der Waals surface area contributed by atoms with E-state index in [9.17, 15) is 9.18 Å². The summed E-state index contributed by atoms with van der Waals surface area (Å²) >= 11 is 7.06. The predicted molar refractivity (Wildman–Crippen MR) is 77.9 cm³/mol. The normalized spacial score (nSPS) is 11.6. The Morgan fingerprint density at radius 3 is 2.42 bits per heavy atom. The number of halogens is 2. The van der Waals surface area contributed by atoms with Gasteiger partial charge in [-0.1, -0.05) is 32.4 Å². The molecule has 0 bridgehead atoms. The molecule has 0 saturated heterocycles. The summed E-state index contributed by atoms with van der Waals surface area (Å²) in [5.74, 6) is -0.740. The standard InChI is InChI=1S/C15H14ClFOS/c1-15(2,3)13-7-6-12(19-13)14(18)9-4-5-10(16)11(17)8-9/h4-8H,1-3H3. The number of hydrogen-bond donors (Lipinski definition) is 0. The average Bonchev–Trinajstić information content (AvgIpc) is 2.81. The van der Waals surface area contributed by atoms with E-state index in [0.29, 0.717) is 10.4 Å². The van der Waals surface area contributed by atoms with Crippen LogP contribution >= 0.6 is 22.9 Å². The molecule has 0 saturated carbocycles. The van der Waals surface area contributed by atoms with Crippen LogP contribution in [0.2, 0.25) is 5.02 Å². The van der Waals surface area contributed by atoms with Crippen molar-refractivity contribution in [1.82, 2.24) is 0 Å². The Kier molecular flexibility index (Phi) is 3.79. The van der Waals surface area contributed by atoms with Gasteiger partial charge in [0.25, 0.3) is 0 Å². The molecule has 1 aromatic carbocycles. The highest BCUT2D eigenvalue weighted by Crippen LogP contribution is 2.30. The molecule has 0 spiro atoms. The summed E-state index contributed by atoms with van der Waals surface area (Å²) in [6.45, 7) is 6.28. The van der Waals surface area contributed by atoms with E-state index in [1.165, 1.54) is 23.5 Å². The largest absolute Gasteiger partial charge is 0.288 e. The summed E-state index contributed by atoms with van der Waals surface area (Å²) in [6.07, 6.45) is 0. The first-order valence-electron chi connectivity index (χ1n) is 5.89. The van der Waals surface area contributed by atoms with Gasteiger partial charge in [0, 0.05) is 10.4 Å². The molecule has 100 valence electrons. The third kappa shape index (κ3) is 3.04. The third-order valence-corrected chi connectivity index (χ3v) is 4.57. The van der Waals surface area contributed by atoms with Gasteiger partial charge < -0.3 is 0 Å². The number of thiophene rings is 1. The first-order valence-corrected chi connectivity index (χ1v) is 7.08. The maximum Gasteiger partial charge on any atom is 0.203 e. The molecule has 1 nitrogen and oxygen atoms in total. The molecule has 1 heterocycles. The summed E-state index contributed by atoms with van der Waals surface area (Å²) in [5.41, 5.74) is 0.332. The van der Waals surface area contributed by atoms with Crippen molar-refractivity contribution in [2.24, 2.45) is 0 Å². The van der Waals surface area contributed by atoms with Gasteiger partial charge >= 0.3 is 0 Å². The highest BCUT2D eigenvalue weighted by molar-refractivity contribution is 7.14. The maximum absolute atomic E-state index is 13.4. The van der Waals surface area contributed by atoms with E-state index in [0.717, 1.165) is 4.88 Å². The average molecular weight is 297 g/mol. The Morgan fingerprint density at radius 2 is 1.89 bits per heavy atom. The number of carbonyl (C=O) groups excluding carboxylic acids is 1. The Bertz CT molecular complexity index is 625. The van der Waals surface area contributed by atoms with E-state index in [4.69, 9.17) is 11.6 Å². The van der Waals surface area contributed by atoms with Crippen LogP contribution in [0.25, 0.3) is 0 Å². The highest BCUT2D eigenvalue weighted by Gasteiger charge is 2.19. The van der Waals surface area contributed by atoms with Crippen molar-refractivity contribution in [2.75, 3.05) is 0 Å². The fourth-order valence-electron chi connectivity index (χ4n) is 1.64. The zero-order chi connectivity index (χ0) is 14.2. The SMILES string of the molecule is CC(C)(C)c1ccc(C(=O)c2ccc(Cl)c(F)c2)s1. The van der Waals surface area contributed by atoms with Gasteiger partial charge in [0.2, 0.25) is 5.78 Å². The molecule has 0 amide bonds. The summed E-state index contributed by atoms with van der Waals surface area (Å²) in [6, 6.07) is 7.87. The zero-order valence-electron chi connectivity index (χ0n) is 11.0. The quantitative estimate of drug-likeness (QED) is 0.707. The minimum atomic E-state index is -0.569. The van der Waals surface area contributed by atoms with Gasteiger partial charge in [-0.2, -0.15) is 0 Å². The van der Waals surface area contributed by atoms with E-state index >= 15 is 0 Å². The molecule has 0 atom stereocenters. The van der Waals surface area contributed by atoms with Crippen LogP contribution in [-0.2, 0) is 5.41 Å². The topological polar surface area (TPSA) is 17.1 Å². The van der Waals surface area contributed by atoms with Crippen molar-refractivity contribution in [1.29, 1.82) is 0 Å². The lowest BCUT2D eigenvalue weighted by Crippen LogP contribution is -2.08. The second kappa shape index (κ2) is 5.06. The monoisotopic (exact) mass is 296 g/mol. The smallest absolute Gasteiger partial charge is 0.203 e. The van der Waals surface area contributed by atoms with Crippen LogP contribution in [0.5, 0.6) is 0 Å². The van der Waals surface area contributed by atoms with Crippen molar-refractivity contribution >= 4 is 28.7 Å². The fourth-order valence-corrected chi connectivity index (χ4v) is 2.79. The van der Waals surface area contributed by atoms with E-state index in [-0.39, 0.29) is 16.2 Å². The number of hydrogen-bond acceptors (Lipinski definition) is 2. The van der Waals surface area contributed by atoms with Crippen LogP contribution in [-0.4, -0.2) is 5.78 Å². The fraction of sp³-hybridized carbons (Fsp3) is 0.267. The van der Waals surface area contributed by atoms with Crippen LogP contribution < -0.4 is 0 Å². The Morgan fingerprint density at radius 1 is 1.21 bits per heavy atom. The van der Waals surface area contributed by atoms with Crippen LogP contribution in [0.3, 0.4) is 0 Å². The highest BCUT2D eigenvalue weighted by atomic mass is 35.5. The Hall–Kier alpha value is -1.19. The molecule has 0 radical (unpaired) electrons. The number of benzene rings is 1. The first-order chi connectivity index (χ1) is 8.79. The van der Waals surface area contributed by atoms with Crippen molar-refractivity contribution < 1.29 is 9.18 Å². The summed E-state index contributed by atoms with van der Waals surface area (Å²) in [7, 11) is 0. The number of rotatable bonds is 2. The minimum Gasteiger partial charge on any atom is -0.288 e. The first kappa shape index (κ1) is 14.2. The summed E-state index contributed by atoms with van der Waals surface area (Å²) < 4.78 is 13.4. The van der Waals surface area contributed by atoms with Gasteiger partial charge in [-0.05, 0) is 35.7 Å². The molecule has 0 aliphatic rings. The summed E-state index contributed by atoms with van der Waals surface area (Å²) in [4.78, 5) is 14.0. The van der Waals surface area contributed by atoms with Crippen molar-refractivity contribution in [3.8, 4) is 0 Å². The second-order valence-electron chi connectivity index (χ2n) is 5.37. The van der Waals surface area contributed by atoms with Crippen molar-refractivity contribution in [3.05, 3.63) is 56.5 Å². The van der Waals surface area contributed by atoms with Crippen LogP contribution in [0.15, 0.2) is 30.3 Å². The molecule has 0 aliphatic heterocycles. The molecule has 1 aromatic heterocycles. The van der Waals surface area contributed by atoms with E-state index < -0.39 is 5.82 Å². The van der Waals surface area contributed by atoms with E-state index in [1.807, 2.05) is 6.07 Å². The molecule has 0 unspecified atom stereocenters. The zero-order valence-corrected chi connectivity index (χ0v) is 12.5. The molecule has 0 fully saturated rings. The Balaban J connectivity index is 2.34. The van der Waals surface area contributed by atoms with Crippen LogP contribution in [0, 0.1) is 5.82 Å². The van der Waals surface area contributed by atoms with Gasteiger partial charge in [0.15, 0.2) is 0 Å². The third-order valence-electron chi connectivity index (χ3n) is 2.75. The summed E-state index contributed by atoms with van der Waals surface area (Å²) in [5, 5.41) is 0.0260. The van der Waals surface area contributed by atoms with Gasteiger partial charge in [-0.25, -0.2) is 4.39 Å². The van der Waals surface area contributed by atoms with Gasteiger partial charge in [0.1, 0.15) is 5.82 Å². The maximum atomic E-state index is 13.4. The molecule has 4 heteroatoms. The van der Waals surface area contributed by atoms with Crippen molar-refractivity contribution in [2.45, 2.75) is 26.2 Å². The molecule has 0 aliphatic carbocycles. The molecule has 2 rings (SSSR count). The minimum absolute atomic E-state index is 0.00838. The molecular weight excluding hydrogens is 283 g/mol. The van der Waals surface area contributed by atoms with Gasteiger partial charge in [0.05, 0.1) is 9.90 Å². The molecule has 0 N–H and O–H groups in total. The molecule has 19 heavy (non-hydrogen) atoms. The number of carbonyl (C=O) groups is 1. The van der Waals surface area contributed by atoms with Crippen molar-refractivity contribution in [3.63, 3.8) is 0 Å². The number of ketones is 1. The van der Waals surface area contributed by atoms with Crippen LogP contribution in [0.1, 0.15) is 40.9 Å². The lowest BCUT2D eigenvalue weighted by Gasteiger charge is -2.15. The van der Waals surface area contributed by atoms with Gasteiger partial charge in [-0.3, -0.25) is 4.79 Å². The lowest BCUT2D eigenvalue weighted by molar-refractivity contribution is 0.104. The molecular formula is C15H14ClFOS. The lowest BCUT2D eigenvalue weighted by atomic mass is 9.95. The van der Waals surface area contributed by atoms with Gasteiger partial charge in [-0.15, -0.1) is 11.3 Å². The van der Waals surface area contributed by atoms with E-state index in [1.54, 1.807) is 12.1 Å². The van der Waals surface area contributed by atoms with E-state index in [2.05, 4.69) is 20.8 Å². The Labute approximate surface area is 121 Å².